The zero-order valence-electron chi connectivity index (χ0n) is 8.37. The molecule has 0 atom stereocenters. The summed E-state index contributed by atoms with van der Waals surface area (Å²) in [6.45, 7) is 6.64. The van der Waals surface area contributed by atoms with Crippen LogP contribution in [-0.4, -0.2) is 0 Å². The molecule has 72 valence electrons. The van der Waals surface area contributed by atoms with Crippen LogP contribution in [0.1, 0.15) is 32.8 Å². The maximum absolute atomic E-state index is 4.89. The van der Waals surface area contributed by atoms with Crippen LogP contribution in [0.4, 0.5) is 0 Å². The molecule has 1 rings (SSSR count). The Kier molecular flexibility index (Phi) is 3.26. The van der Waals surface area contributed by atoms with Crippen LogP contribution in [0.3, 0.4) is 0 Å². The third kappa shape index (κ3) is 2.41. The average molecular weight is 196 g/mol. The summed E-state index contributed by atoms with van der Waals surface area (Å²) in [6.07, 6.45) is 1.11. The first-order valence-corrected chi connectivity index (χ1v) is 4.88. The van der Waals surface area contributed by atoms with E-state index in [2.05, 4.69) is 39.7 Å². The average Bonchev–Trinajstić information content (AvgIpc) is 2.18. The van der Waals surface area contributed by atoms with Crippen LogP contribution in [0.15, 0.2) is 24.3 Å². The molecule has 1 aromatic carbocycles. The molecule has 13 heavy (non-hydrogen) atoms. The molecule has 1 nitrogen and oxygen atoms in total. The zero-order chi connectivity index (χ0) is 9.90. The van der Waals surface area contributed by atoms with Crippen molar-refractivity contribution in [3.8, 4) is 5.75 Å². The predicted octanol–water partition coefficient (Wildman–Crippen LogP) is 3.60. The van der Waals surface area contributed by atoms with Gasteiger partial charge in [-0.3, -0.25) is 0 Å². The lowest BCUT2D eigenvalue weighted by Gasteiger charge is -2.23. The third-order valence-corrected chi connectivity index (χ3v) is 2.82. The van der Waals surface area contributed by atoms with E-state index in [1.54, 1.807) is 0 Å². The van der Waals surface area contributed by atoms with Crippen molar-refractivity contribution in [1.82, 2.24) is 0 Å². The Labute approximate surface area is 85.7 Å². The number of thiol groups is 1. The Hall–Kier alpha value is -0.630. The summed E-state index contributed by atoms with van der Waals surface area (Å²) in [7, 11) is 0. The highest BCUT2D eigenvalue weighted by Gasteiger charge is 2.17. The summed E-state index contributed by atoms with van der Waals surface area (Å²) in [6, 6.07) is 8.07. The minimum atomic E-state index is 0.211. The first-order chi connectivity index (χ1) is 6.10. The van der Waals surface area contributed by atoms with E-state index < -0.39 is 0 Å². The smallest absolute Gasteiger partial charge is 0.137 e. The van der Waals surface area contributed by atoms with Crippen molar-refractivity contribution in [2.24, 2.45) is 0 Å². The second-order valence-corrected chi connectivity index (χ2v) is 4.04. The van der Waals surface area contributed by atoms with Crippen molar-refractivity contribution >= 4 is 12.9 Å². The highest BCUT2D eigenvalue weighted by atomic mass is 32.1. The lowest BCUT2D eigenvalue weighted by Crippen LogP contribution is -2.15. The van der Waals surface area contributed by atoms with E-state index >= 15 is 0 Å². The Morgan fingerprint density at radius 2 is 2.08 bits per heavy atom. The van der Waals surface area contributed by atoms with E-state index in [9.17, 15) is 0 Å². The molecule has 2 heteroatoms. The predicted molar refractivity (Wildman–Crippen MR) is 59.4 cm³/mol. The van der Waals surface area contributed by atoms with Gasteiger partial charge in [0.05, 0.1) is 0 Å². The summed E-state index contributed by atoms with van der Waals surface area (Å²) < 4.78 is 4.89. The molecular weight excluding hydrogens is 180 g/mol. The topological polar surface area (TPSA) is 9.23 Å². The fourth-order valence-corrected chi connectivity index (χ4v) is 1.29. The SMILES string of the molecule is CCC(C)(C)c1cccc(OS)c1. The van der Waals surface area contributed by atoms with Gasteiger partial charge in [0.25, 0.3) is 0 Å². The van der Waals surface area contributed by atoms with Crippen LogP contribution < -0.4 is 4.18 Å². The van der Waals surface area contributed by atoms with E-state index in [0.29, 0.717) is 0 Å². The molecule has 0 saturated carbocycles. The van der Waals surface area contributed by atoms with Crippen molar-refractivity contribution in [3.05, 3.63) is 29.8 Å². The second-order valence-electron chi connectivity index (χ2n) is 3.86. The van der Waals surface area contributed by atoms with Gasteiger partial charge >= 0.3 is 0 Å². The molecule has 0 fully saturated rings. The van der Waals surface area contributed by atoms with Gasteiger partial charge in [0.2, 0.25) is 0 Å². The maximum Gasteiger partial charge on any atom is 0.137 e. The molecule has 0 aliphatic rings. The molecule has 0 N–H and O–H groups in total. The normalized spacial score (nSPS) is 11.4. The van der Waals surface area contributed by atoms with Crippen molar-refractivity contribution in [1.29, 1.82) is 0 Å². The monoisotopic (exact) mass is 196 g/mol. The van der Waals surface area contributed by atoms with Crippen LogP contribution in [-0.2, 0) is 5.41 Å². The molecule has 0 aliphatic heterocycles. The van der Waals surface area contributed by atoms with Crippen molar-refractivity contribution in [2.45, 2.75) is 32.6 Å². The van der Waals surface area contributed by atoms with Gasteiger partial charge in [-0.05, 0) is 29.5 Å². The first kappa shape index (κ1) is 10.5. The van der Waals surface area contributed by atoms with Gasteiger partial charge in [-0.25, -0.2) is 0 Å². The first-order valence-electron chi connectivity index (χ1n) is 4.52. The summed E-state index contributed by atoms with van der Waals surface area (Å²) in [5, 5.41) is 0. The lowest BCUT2D eigenvalue weighted by molar-refractivity contribution is 0.503. The molecule has 0 amide bonds. The van der Waals surface area contributed by atoms with Gasteiger partial charge in [-0.2, -0.15) is 0 Å². The Balaban J connectivity index is 3.01. The van der Waals surface area contributed by atoms with E-state index in [1.165, 1.54) is 5.56 Å². The molecule has 0 aliphatic carbocycles. The van der Waals surface area contributed by atoms with Crippen LogP contribution in [0.2, 0.25) is 0 Å². The molecular formula is C11H16OS. The van der Waals surface area contributed by atoms with Crippen molar-refractivity contribution in [3.63, 3.8) is 0 Å². The highest BCUT2D eigenvalue weighted by molar-refractivity contribution is 7.75. The third-order valence-electron chi connectivity index (χ3n) is 2.60. The van der Waals surface area contributed by atoms with Crippen LogP contribution in [0.25, 0.3) is 0 Å². The van der Waals surface area contributed by atoms with Gasteiger partial charge < -0.3 is 4.18 Å². The zero-order valence-corrected chi connectivity index (χ0v) is 9.27. The van der Waals surface area contributed by atoms with Gasteiger partial charge in [0.1, 0.15) is 5.75 Å². The van der Waals surface area contributed by atoms with E-state index in [0.717, 1.165) is 12.2 Å². The van der Waals surface area contributed by atoms with Gasteiger partial charge in [0.15, 0.2) is 0 Å². The molecule has 0 spiro atoms. The molecule has 0 aromatic heterocycles. The summed E-state index contributed by atoms with van der Waals surface area (Å²) in [4.78, 5) is 0. The van der Waals surface area contributed by atoms with Gasteiger partial charge in [0, 0.05) is 12.9 Å². The van der Waals surface area contributed by atoms with Crippen LogP contribution in [0, 0.1) is 0 Å². The largest absolute Gasteiger partial charge is 0.429 e. The highest BCUT2D eigenvalue weighted by Crippen LogP contribution is 2.29. The summed E-state index contributed by atoms with van der Waals surface area (Å²) in [5.74, 6) is 0.808. The Bertz CT molecular complexity index is 281. The van der Waals surface area contributed by atoms with Gasteiger partial charge in [-0.1, -0.05) is 32.9 Å². The van der Waals surface area contributed by atoms with Gasteiger partial charge in [-0.15, -0.1) is 0 Å². The number of benzene rings is 1. The van der Waals surface area contributed by atoms with E-state index in [4.69, 9.17) is 4.18 Å². The number of hydrogen-bond acceptors (Lipinski definition) is 2. The Morgan fingerprint density at radius 3 is 2.62 bits per heavy atom. The van der Waals surface area contributed by atoms with Crippen molar-refractivity contribution in [2.75, 3.05) is 0 Å². The Morgan fingerprint density at radius 1 is 1.38 bits per heavy atom. The minimum Gasteiger partial charge on any atom is -0.429 e. The lowest BCUT2D eigenvalue weighted by atomic mass is 9.82. The van der Waals surface area contributed by atoms with Crippen LogP contribution in [0.5, 0.6) is 5.75 Å². The number of hydrogen-bond donors (Lipinski definition) is 1. The maximum atomic E-state index is 4.89. The summed E-state index contributed by atoms with van der Waals surface area (Å²) in [5.41, 5.74) is 1.50. The quantitative estimate of drug-likeness (QED) is 0.574. The molecule has 0 unspecified atom stereocenters. The second kappa shape index (κ2) is 4.05. The van der Waals surface area contributed by atoms with Crippen molar-refractivity contribution < 1.29 is 4.18 Å². The fourth-order valence-electron chi connectivity index (χ4n) is 1.18. The standard InChI is InChI=1S/C11H16OS/c1-4-11(2,3)9-6-5-7-10(8-9)12-13/h5-8,13H,4H2,1-3H3. The molecule has 0 bridgehead atoms. The fraction of sp³-hybridized carbons (Fsp3) is 0.455. The molecule has 0 heterocycles. The van der Waals surface area contributed by atoms with Crippen LogP contribution >= 0.6 is 12.9 Å². The molecule has 1 aromatic rings. The summed E-state index contributed by atoms with van der Waals surface area (Å²) >= 11 is 3.78. The minimum absolute atomic E-state index is 0.211. The van der Waals surface area contributed by atoms with E-state index in [-0.39, 0.29) is 5.41 Å². The molecule has 0 radical (unpaired) electrons. The van der Waals surface area contributed by atoms with E-state index in [1.807, 2.05) is 18.2 Å². The number of rotatable bonds is 3. The molecule has 0 saturated heterocycles.